The Balaban J connectivity index is 1.40. The molecule has 2 heterocycles. The third-order valence-corrected chi connectivity index (χ3v) is 5.69. The summed E-state index contributed by atoms with van der Waals surface area (Å²) in [6.07, 6.45) is 10.9. The van der Waals surface area contributed by atoms with Gasteiger partial charge in [0.25, 0.3) is 5.56 Å². The smallest absolute Gasteiger partial charge is 0.267 e. The van der Waals surface area contributed by atoms with Crippen LogP contribution in [0.3, 0.4) is 0 Å². The summed E-state index contributed by atoms with van der Waals surface area (Å²) in [5.41, 5.74) is -0.0759. The SMILES string of the molecule is O=c1ccc(-n2cncn2)nn1C1CCC(NC2CCCCC2O)CC1. The van der Waals surface area contributed by atoms with Crippen molar-refractivity contribution in [3.05, 3.63) is 35.1 Å². The topological polar surface area (TPSA) is 97.9 Å². The highest BCUT2D eigenvalue weighted by molar-refractivity contribution is 5.16. The van der Waals surface area contributed by atoms with Crippen LogP contribution in [0.15, 0.2) is 29.6 Å². The zero-order chi connectivity index (χ0) is 17.9. The summed E-state index contributed by atoms with van der Waals surface area (Å²) < 4.78 is 3.16. The van der Waals surface area contributed by atoms with Crippen LogP contribution in [0.25, 0.3) is 5.82 Å². The standard InChI is InChI=1S/C18H26N6O2/c25-16-4-2-1-3-15(16)21-13-5-7-14(8-6-13)24-18(26)10-9-17(22-24)23-12-19-11-20-23/h9-16,21,25H,1-8H2. The van der Waals surface area contributed by atoms with Gasteiger partial charge in [-0.25, -0.2) is 14.3 Å². The van der Waals surface area contributed by atoms with Gasteiger partial charge in [0.15, 0.2) is 5.82 Å². The van der Waals surface area contributed by atoms with E-state index in [4.69, 9.17) is 0 Å². The lowest BCUT2D eigenvalue weighted by molar-refractivity contribution is 0.0795. The van der Waals surface area contributed by atoms with Crippen LogP contribution in [-0.2, 0) is 0 Å². The first kappa shape index (κ1) is 17.4. The van der Waals surface area contributed by atoms with E-state index in [1.165, 1.54) is 12.7 Å². The minimum atomic E-state index is -0.217. The van der Waals surface area contributed by atoms with Gasteiger partial charge in [0, 0.05) is 18.2 Å². The highest BCUT2D eigenvalue weighted by Gasteiger charge is 2.29. The lowest BCUT2D eigenvalue weighted by atomic mass is 9.87. The van der Waals surface area contributed by atoms with Gasteiger partial charge in [-0.2, -0.15) is 5.10 Å². The Hall–Kier alpha value is -2.06. The van der Waals surface area contributed by atoms with Gasteiger partial charge >= 0.3 is 0 Å². The number of hydrogen-bond acceptors (Lipinski definition) is 6. The fourth-order valence-corrected chi connectivity index (χ4v) is 4.22. The van der Waals surface area contributed by atoms with E-state index in [1.807, 2.05) is 0 Å². The molecule has 0 aliphatic heterocycles. The zero-order valence-corrected chi connectivity index (χ0v) is 14.9. The molecular weight excluding hydrogens is 332 g/mol. The maximum Gasteiger partial charge on any atom is 0.267 e. The summed E-state index contributed by atoms with van der Waals surface area (Å²) in [7, 11) is 0. The molecule has 26 heavy (non-hydrogen) atoms. The highest BCUT2D eigenvalue weighted by Crippen LogP contribution is 2.28. The van der Waals surface area contributed by atoms with Gasteiger partial charge in [-0.1, -0.05) is 12.8 Å². The Morgan fingerprint density at radius 1 is 1.08 bits per heavy atom. The van der Waals surface area contributed by atoms with Crippen LogP contribution in [0.5, 0.6) is 0 Å². The van der Waals surface area contributed by atoms with Gasteiger partial charge in [0.05, 0.1) is 12.1 Å². The number of hydrogen-bond donors (Lipinski definition) is 2. The molecule has 2 aromatic heterocycles. The normalized spacial score (nSPS) is 29.6. The quantitative estimate of drug-likeness (QED) is 0.852. The number of aromatic nitrogens is 5. The first-order valence-electron chi connectivity index (χ1n) is 9.59. The molecular formula is C18H26N6O2. The van der Waals surface area contributed by atoms with E-state index >= 15 is 0 Å². The molecule has 2 unspecified atom stereocenters. The van der Waals surface area contributed by atoms with Crippen molar-refractivity contribution in [2.75, 3.05) is 0 Å². The first-order chi connectivity index (χ1) is 12.7. The minimum Gasteiger partial charge on any atom is -0.392 e. The van der Waals surface area contributed by atoms with Crippen molar-refractivity contribution in [3.63, 3.8) is 0 Å². The molecule has 0 radical (unpaired) electrons. The van der Waals surface area contributed by atoms with Crippen LogP contribution in [-0.4, -0.2) is 47.8 Å². The van der Waals surface area contributed by atoms with E-state index in [0.717, 1.165) is 44.9 Å². The van der Waals surface area contributed by atoms with Crippen molar-refractivity contribution in [1.29, 1.82) is 0 Å². The summed E-state index contributed by atoms with van der Waals surface area (Å²) in [5, 5.41) is 22.4. The van der Waals surface area contributed by atoms with Gasteiger partial charge in [0.2, 0.25) is 0 Å². The molecule has 2 aromatic rings. The molecule has 2 fully saturated rings. The van der Waals surface area contributed by atoms with Gasteiger partial charge in [0.1, 0.15) is 12.7 Å². The Labute approximate surface area is 152 Å². The fraction of sp³-hybridized carbons (Fsp3) is 0.667. The van der Waals surface area contributed by atoms with Crippen LogP contribution >= 0.6 is 0 Å². The predicted molar refractivity (Wildman–Crippen MR) is 96.1 cm³/mol. The second-order valence-electron chi connectivity index (χ2n) is 7.44. The van der Waals surface area contributed by atoms with E-state index in [-0.39, 0.29) is 23.7 Å². The summed E-state index contributed by atoms with van der Waals surface area (Å²) in [6.45, 7) is 0. The van der Waals surface area contributed by atoms with Crippen molar-refractivity contribution >= 4 is 0 Å². The molecule has 0 aromatic carbocycles. The van der Waals surface area contributed by atoms with Gasteiger partial charge in [-0.15, -0.1) is 5.10 Å². The molecule has 0 bridgehead atoms. The predicted octanol–water partition coefficient (Wildman–Crippen LogP) is 1.20. The van der Waals surface area contributed by atoms with Crippen LogP contribution < -0.4 is 10.9 Å². The minimum absolute atomic E-state index is 0.0759. The first-order valence-corrected chi connectivity index (χ1v) is 9.59. The number of nitrogens with zero attached hydrogens (tertiary/aromatic N) is 5. The number of nitrogens with one attached hydrogen (secondary N) is 1. The molecule has 140 valence electrons. The summed E-state index contributed by atoms with van der Waals surface area (Å²) in [6, 6.07) is 3.97. The average Bonchev–Trinajstić information content (AvgIpc) is 3.20. The molecule has 2 atom stereocenters. The number of rotatable bonds is 4. The van der Waals surface area contributed by atoms with E-state index in [2.05, 4.69) is 20.5 Å². The molecule has 8 heteroatoms. The third-order valence-electron chi connectivity index (χ3n) is 5.69. The Morgan fingerprint density at radius 3 is 2.62 bits per heavy atom. The molecule has 4 rings (SSSR count). The van der Waals surface area contributed by atoms with Gasteiger partial charge in [-0.3, -0.25) is 4.79 Å². The molecule has 2 N–H and O–H groups in total. The van der Waals surface area contributed by atoms with Crippen molar-refractivity contribution < 1.29 is 5.11 Å². The fourth-order valence-electron chi connectivity index (χ4n) is 4.22. The second kappa shape index (κ2) is 7.67. The van der Waals surface area contributed by atoms with Gasteiger partial charge in [-0.05, 0) is 44.6 Å². The van der Waals surface area contributed by atoms with E-state index < -0.39 is 0 Å². The molecule has 0 amide bonds. The maximum atomic E-state index is 12.3. The molecule has 2 aliphatic rings. The second-order valence-corrected chi connectivity index (χ2v) is 7.44. The summed E-state index contributed by atoms with van der Waals surface area (Å²) in [4.78, 5) is 16.2. The molecule has 8 nitrogen and oxygen atoms in total. The monoisotopic (exact) mass is 358 g/mol. The van der Waals surface area contributed by atoms with Crippen molar-refractivity contribution in [1.82, 2.24) is 29.9 Å². The Kier molecular flexibility index (Phi) is 5.12. The van der Waals surface area contributed by atoms with Crippen molar-refractivity contribution in [2.24, 2.45) is 0 Å². The van der Waals surface area contributed by atoms with E-state index in [9.17, 15) is 9.90 Å². The lowest BCUT2D eigenvalue weighted by Crippen LogP contribution is -2.48. The molecule has 2 saturated carbocycles. The third kappa shape index (κ3) is 3.71. The summed E-state index contributed by atoms with van der Waals surface area (Å²) >= 11 is 0. The molecule has 0 saturated heterocycles. The van der Waals surface area contributed by atoms with Crippen molar-refractivity contribution in [2.45, 2.75) is 75.6 Å². The van der Waals surface area contributed by atoms with Crippen LogP contribution in [0.2, 0.25) is 0 Å². The van der Waals surface area contributed by atoms with E-state index in [0.29, 0.717) is 11.9 Å². The summed E-state index contributed by atoms with van der Waals surface area (Å²) in [5.74, 6) is 0.604. The Bertz CT molecular complexity index is 766. The molecule has 2 aliphatic carbocycles. The van der Waals surface area contributed by atoms with Crippen LogP contribution in [0, 0.1) is 0 Å². The largest absolute Gasteiger partial charge is 0.392 e. The van der Waals surface area contributed by atoms with Crippen LogP contribution in [0.1, 0.15) is 57.4 Å². The maximum absolute atomic E-state index is 12.3. The average molecular weight is 358 g/mol. The number of aliphatic hydroxyl groups is 1. The van der Waals surface area contributed by atoms with Crippen LogP contribution in [0.4, 0.5) is 0 Å². The zero-order valence-electron chi connectivity index (χ0n) is 14.9. The van der Waals surface area contributed by atoms with E-state index in [1.54, 1.807) is 27.8 Å². The highest BCUT2D eigenvalue weighted by atomic mass is 16.3. The van der Waals surface area contributed by atoms with Gasteiger partial charge < -0.3 is 10.4 Å². The van der Waals surface area contributed by atoms with Crippen molar-refractivity contribution in [3.8, 4) is 5.82 Å². The number of aliphatic hydroxyl groups excluding tert-OH is 1. The Morgan fingerprint density at radius 2 is 1.88 bits per heavy atom. The lowest BCUT2D eigenvalue weighted by Gasteiger charge is -2.35. The molecule has 0 spiro atoms.